The molecule has 4 amide bonds. The predicted molar refractivity (Wildman–Crippen MR) is 102 cm³/mol. The number of hydrogen-bond acceptors (Lipinski definition) is 5. The summed E-state index contributed by atoms with van der Waals surface area (Å²) in [5.74, 6) is -1.25. The maximum atomic E-state index is 11.7. The Balaban J connectivity index is 1.92. The molecule has 0 spiro atoms. The van der Waals surface area contributed by atoms with E-state index in [0.29, 0.717) is 0 Å². The maximum Gasteiger partial charge on any atom is 0.328 e. The van der Waals surface area contributed by atoms with Gasteiger partial charge in [0.1, 0.15) is 17.1 Å². The van der Waals surface area contributed by atoms with Gasteiger partial charge in [-0.25, -0.2) is 4.79 Å². The summed E-state index contributed by atoms with van der Waals surface area (Å²) in [7, 11) is 0. The van der Waals surface area contributed by atoms with Crippen molar-refractivity contribution in [3.05, 3.63) is 89.5 Å². The molecule has 2 aromatic rings. The molecule has 0 bridgehead atoms. The zero-order valence-corrected chi connectivity index (χ0v) is 14.5. The van der Waals surface area contributed by atoms with Gasteiger partial charge in [-0.1, -0.05) is 42.5 Å². The molecule has 0 atom stereocenters. The number of nitrogens with one attached hydrogen (secondary N) is 2. The number of hydrogen-bond donors (Lipinski definition) is 4. The summed E-state index contributed by atoms with van der Waals surface area (Å²) in [6, 6.07) is 12.4. The molecule has 4 N–H and O–H groups in total. The van der Waals surface area contributed by atoms with Crippen molar-refractivity contribution >= 4 is 23.4 Å². The Morgan fingerprint density at radius 3 is 1.64 bits per heavy atom. The molecule has 2 aromatic carbocycles. The third-order valence-electron chi connectivity index (χ3n) is 3.94. The van der Waals surface area contributed by atoms with Gasteiger partial charge in [0.25, 0.3) is 11.8 Å². The average molecular weight is 376 g/mol. The normalized spacial score (nSPS) is 13.9. The van der Waals surface area contributed by atoms with Crippen LogP contribution in [0.3, 0.4) is 0 Å². The van der Waals surface area contributed by atoms with E-state index in [1.165, 1.54) is 12.2 Å². The lowest BCUT2D eigenvalue weighted by Gasteiger charge is -2.13. The lowest BCUT2D eigenvalue weighted by atomic mass is 9.97. The van der Waals surface area contributed by atoms with Gasteiger partial charge in [0.2, 0.25) is 0 Å². The molecule has 0 unspecified atom stereocenters. The van der Waals surface area contributed by atoms with E-state index in [9.17, 15) is 24.6 Å². The summed E-state index contributed by atoms with van der Waals surface area (Å²) in [6.45, 7) is 0. The van der Waals surface area contributed by atoms with Crippen LogP contribution in [0.25, 0.3) is 5.57 Å². The van der Waals surface area contributed by atoms with Crippen LogP contribution >= 0.6 is 0 Å². The zero-order valence-electron chi connectivity index (χ0n) is 14.5. The average Bonchev–Trinajstić information content (AvgIpc) is 2.65. The standard InChI is InChI=1S/C21H16N2O5/c24-15-9-5-13(6-10-15)17(14-7-11-16(25)12-8-14)3-1-2-4-18-19(26)22-21(28)23-20(18)27/h1-12,24-25H,(H2,22,23,26,27,28)/b2-1+. The van der Waals surface area contributed by atoms with E-state index >= 15 is 0 Å². The first kappa shape index (κ1) is 18.7. The van der Waals surface area contributed by atoms with Gasteiger partial charge in [0, 0.05) is 0 Å². The Labute approximate surface area is 160 Å². The van der Waals surface area contributed by atoms with Gasteiger partial charge in [-0.05, 0) is 47.0 Å². The number of amides is 4. The van der Waals surface area contributed by atoms with Crippen molar-refractivity contribution < 1.29 is 24.6 Å². The molecule has 0 saturated carbocycles. The summed E-state index contributed by atoms with van der Waals surface area (Å²) in [4.78, 5) is 34.4. The molecule has 1 saturated heterocycles. The van der Waals surface area contributed by atoms with Crippen molar-refractivity contribution in [2.75, 3.05) is 0 Å². The number of phenolic OH excluding ortho intramolecular Hbond substituents is 2. The summed E-state index contributed by atoms with van der Waals surface area (Å²) >= 11 is 0. The van der Waals surface area contributed by atoms with E-state index in [-0.39, 0.29) is 17.1 Å². The van der Waals surface area contributed by atoms with E-state index in [1.807, 2.05) is 10.6 Å². The molecule has 1 heterocycles. The summed E-state index contributed by atoms with van der Waals surface area (Å²) in [5, 5.41) is 23.0. The van der Waals surface area contributed by atoms with Crippen LogP contribution < -0.4 is 10.6 Å². The van der Waals surface area contributed by atoms with E-state index in [4.69, 9.17) is 0 Å². The minimum atomic E-state index is -0.849. The number of urea groups is 1. The zero-order chi connectivity index (χ0) is 20.1. The van der Waals surface area contributed by atoms with E-state index < -0.39 is 17.8 Å². The van der Waals surface area contributed by atoms with E-state index in [0.717, 1.165) is 16.7 Å². The molecule has 1 aliphatic heterocycles. The second kappa shape index (κ2) is 8.05. The third kappa shape index (κ3) is 4.34. The smallest absolute Gasteiger partial charge is 0.328 e. The van der Waals surface area contributed by atoms with Gasteiger partial charge in [-0.15, -0.1) is 0 Å². The largest absolute Gasteiger partial charge is 0.508 e. The number of carbonyl (C=O) groups is 3. The number of benzene rings is 2. The first-order chi connectivity index (χ1) is 13.4. The molecule has 28 heavy (non-hydrogen) atoms. The first-order valence-corrected chi connectivity index (χ1v) is 8.28. The maximum absolute atomic E-state index is 11.7. The van der Waals surface area contributed by atoms with Crippen molar-refractivity contribution in [3.63, 3.8) is 0 Å². The number of allylic oxidation sites excluding steroid dienone is 4. The van der Waals surface area contributed by atoms with Crippen LogP contribution in [0, 0.1) is 0 Å². The molecular formula is C21H16N2O5. The monoisotopic (exact) mass is 376 g/mol. The minimum absolute atomic E-state index is 0.137. The molecule has 7 heteroatoms. The lowest BCUT2D eigenvalue weighted by molar-refractivity contribution is -0.124. The van der Waals surface area contributed by atoms with Crippen molar-refractivity contribution in [2.24, 2.45) is 0 Å². The molecule has 0 aromatic heterocycles. The van der Waals surface area contributed by atoms with Gasteiger partial charge in [0.05, 0.1) is 0 Å². The van der Waals surface area contributed by atoms with Crippen LogP contribution in [-0.2, 0) is 9.59 Å². The van der Waals surface area contributed by atoms with Crippen LogP contribution in [0.4, 0.5) is 4.79 Å². The Hall–Kier alpha value is -4.13. The molecule has 0 radical (unpaired) electrons. The molecule has 140 valence electrons. The number of barbiturate groups is 1. The van der Waals surface area contributed by atoms with Crippen LogP contribution in [0.2, 0.25) is 0 Å². The van der Waals surface area contributed by atoms with Crippen molar-refractivity contribution in [1.29, 1.82) is 0 Å². The van der Waals surface area contributed by atoms with Crippen LogP contribution in [-0.4, -0.2) is 28.1 Å². The summed E-state index contributed by atoms with van der Waals surface area (Å²) < 4.78 is 0. The van der Waals surface area contributed by atoms with Crippen LogP contribution in [0.5, 0.6) is 11.5 Å². The highest BCUT2D eigenvalue weighted by Crippen LogP contribution is 2.26. The fourth-order valence-corrected chi connectivity index (χ4v) is 2.57. The second-order valence-electron chi connectivity index (χ2n) is 5.88. The quantitative estimate of drug-likeness (QED) is 0.371. The van der Waals surface area contributed by atoms with E-state index in [2.05, 4.69) is 0 Å². The van der Waals surface area contributed by atoms with Gasteiger partial charge in [-0.3, -0.25) is 20.2 Å². The Kier molecular flexibility index (Phi) is 5.36. The fourth-order valence-electron chi connectivity index (χ4n) is 2.57. The summed E-state index contributed by atoms with van der Waals surface area (Å²) in [6.07, 6.45) is 6.21. The van der Waals surface area contributed by atoms with Gasteiger partial charge >= 0.3 is 6.03 Å². The number of imide groups is 2. The molecule has 7 nitrogen and oxygen atoms in total. The number of carbonyl (C=O) groups excluding carboxylic acids is 3. The first-order valence-electron chi connectivity index (χ1n) is 8.28. The SMILES string of the molecule is O=C1NC(=O)C(=C/C=C/C=C(c2ccc(O)cc2)c2ccc(O)cc2)C(=O)N1. The van der Waals surface area contributed by atoms with Gasteiger partial charge in [0.15, 0.2) is 0 Å². The molecule has 1 aliphatic rings. The van der Waals surface area contributed by atoms with Gasteiger partial charge < -0.3 is 10.2 Å². The minimum Gasteiger partial charge on any atom is -0.508 e. The Morgan fingerprint density at radius 1 is 0.714 bits per heavy atom. The molecule has 1 fully saturated rings. The highest BCUT2D eigenvalue weighted by atomic mass is 16.3. The molecular weight excluding hydrogens is 360 g/mol. The topological polar surface area (TPSA) is 116 Å². The second-order valence-corrected chi connectivity index (χ2v) is 5.88. The predicted octanol–water partition coefficient (Wildman–Crippen LogP) is 2.38. The summed E-state index contributed by atoms with van der Waals surface area (Å²) in [5.41, 5.74) is 2.25. The highest BCUT2D eigenvalue weighted by Gasteiger charge is 2.26. The van der Waals surface area contributed by atoms with Crippen LogP contribution in [0.1, 0.15) is 11.1 Å². The highest BCUT2D eigenvalue weighted by molar-refractivity contribution is 6.29. The van der Waals surface area contributed by atoms with E-state index in [1.54, 1.807) is 60.7 Å². The number of aromatic hydroxyl groups is 2. The number of rotatable bonds is 4. The number of phenols is 2. The molecule has 3 rings (SSSR count). The van der Waals surface area contributed by atoms with Crippen molar-refractivity contribution in [2.45, 2.75) is 0 Å². The van der Waals surface area contributed by atoms with Gasteiger partial charge in [-0.2, -0.15) is 0 Å². The van der Waals surface area contributed by atoms with Crippen molar-refractivity contribution in [1.82, 2.24) is 10.6 Å². The lowest BCUT2D eigenvalue weighted by Crippen LogP contribution is -2.51. The fraction of sp³-hybridized carbons (Fsp3) is 0. The van der Waals surface area contributed by atoms with Crippen LogP contribution in [0.15, 0.2) is 78.4 Å². The van der Waals surface area contributed by atoms with Crippen molar-refractivity contribution in [3.8, 4) is 11.5 Å². The Morgan fingerprint density at radius 2 is 1.18 bits per heavy atom. The Bertz CT molecular complexity index is 946. The molecule has 0 aliphatic carbocycles. The third-order valence-corrected chi connectivity index (χ3v) is 3.94.